The number of hydrogen-bond donors (Lipinski definition) is 0. The van der Waals surface area contributed by atoms with Gasteiger partial charge in [0, 0.05) is 8.95 Å². The fourth-order valence-electron chi connectivity index (χ4n) is 2.90. The lowest BCUT2D eigenvalue weighted by Crippen LogP contribution is -1.83. The van der Waals surface area contributed by atoms with Crippen molar-refractivity contribution in [2.45, 2.75) is 0 Å². The van der Waals surface area contributed by atoms with Gasteiger partial charge >= 0.3 is 0 Å². The zero-order chi connectivity index (χ0) is 15.1. The number of halogens is 2. The zero-order valence-electron chi connectivity index (χ0n) is 11.7. The molecule has 0 bridgehead atoms. The molecule has 4 rings (SSSR count). The van der Waals surface area contributed by atoms with Crippen molar-refractivity contribution in [2.75, 3.05) is 0 Å². The zero-order valence-corrected chi connectivity index (χ0v) is 14.9. The van der Waals surface area contributed by atoms with E-state index in [9.17, 15) is 0 Å². The van der Waals surface area contributed by atoms with E-state index in [1.54, 1.807) is 0 Å². The Morgan fingerprint density at radius 2 is 1.27 bits per heavy atom. The van der Waals surface area contributed by atoms with Crippen molar-refractivity contribution in [1.82, 2.24) is 0 Å². The van der Waals surface area contributed by atoms with Gasteiger partial charge in [-0.25, -0.2) is 0 Å². The fraction of sp³-hybridized carbons (Fsp3) is 0. The molecule has 2 heteroatoms. The van der Waals surface area contributed by atoms with Crippen LogP contribution in [0.3, 0.4) is 0 Å². The van der Waals surface area contributed by atoms with Crippen LogP contribution in [0, 0.1) is 0 Å². The van der Waals surface area contributed by atoms with Gasteiger partial charge in [-0.05, 0) is 63.0 Å². The molecule has 0 aliphatic carbocycles. The molecule has 4 aromatic carbocycles. The van der Waals surface area contributed by atoms with Gasteiger partial charge in [-0.2, -0.15) is 0 Å². The lowest BCUT2D eigenvalue weighted by atomic mass is 9.96. The Kier molecular flexibility index (Phi) is 3.51. The molecule has 0 N–H and O–H groups in total. The minimum atomic E-state index is 1.11. The highest BCUT2D eigenvalue weighted by molar-refractivity contribution is 9.10. The van der Waals surface area contributed by atoms with E-state index in [1.807, 2.05) is 0 Å². The van der Waals surface area contributed by atoms with Gasteiger partial charge < -0.3 is 0 Å². The Labute approximate surface area is 146 Å². The normalized spacial score (nSPS) is 11.2. The van der Waals surface area contributed by atoms with Crippen molar-refractivity contribution in [3.63, 3.8) is 0 Å². The number of fused-ring (bicyclic) bond motifs is 2. The molecular formula is C20H12Br2. The Morgan fingerprint density at radius 3 is 2.18 bits per heavy atom. The first kappa shape index (κ1) is 14.0. The minimum Gasteiger partial charge on any atom is -0.0616 e. The van der Waals surface area contributed by atoms with Crippen LogP contribution < -0.4 is 0 Å². The summed E-state index contributed by atoms with van der Waals surface area (Å²) in [6, 6.07) is 25.9. The van der Waals surface area contributed by atoms with Gasteiger partial charge in [0.25, 0.3) is 0 Å². The van der Waals surface area contributed by atoms with E-state index in [0.717, 1.165) is 8.95 Å². The molecule has 0 aliphatic rings. The van der Waals surface area contributed by atoms with Crippen molar-refractivity contribution >= 4 is 53.4 Å². The molecule has 0 saturated heterocycles. The van der Waals surface area contributed by atoms with Gasteiger partial charge in [0.15, 0.2) is 0 Å². The van der Waals surface area contributed by atoms with E-state index in [1.165, 1.54) is 32.7 Å². The lowest BCUT2D eigenvalue weighted by Gasteiger charge is -2.09. The van der Waals surface area contributed by atoms with Gasteiger partial charge in [0.05, 0.1) is 0 Å². The van der Waals surface area contributed by atoms with Crippen molar-refractivity contribution in [3.05, 3.63) is 81.7 Å². The van der Waals surface area contributed by atoms with E-state index in [2.05, 4.69) is 105 Å². The van der Waals surface area contributed by atoms with Gasteiger partial charge in [0.1, 0.15) is 0 Å². The summed E-state index contributed by atoms with van der Waals surface area (Å²) >= 11 is 7.17. The van der Waals surface area contributed by atoms with Crippen molar-refractivity contribution in [1.29, 1.82) is 0 Å². The Balaban J connectivity index is 2.00. The summed E-state index contributed by atoms with van der Waals surface area (Å²) in [5.74, 6) is 0. The van der Waals surface area contributed by atoms with E-state index in [-0.39, 0.29) is 0 Å². The SMILES string of the molecule is Brc1ccc2cc(-c3cc(Br)cc4ccccc34)ccc2c1. The van der Waals surface area contributed by atoms with Crippen LogP contribution in [0.5, 0.6) is 0 Å². The first-order valence-electron chi connectivity index (χ1n) is 7.09. The quantitative estimate of drug-likeness (QED) is 0.311. The highest BCUT2D eigenvalue weighted by Crippen LogP contribution is 2.34. The maximum Gasteiger partial charge on any atom is 0.0187 e. The summed E-state index contributed by atoms with van der Waals surface area (Å²) in [7, 11) is 0. The smallest absolute Gasteiger partial charge is 0.0187 e. The molecule has 0 aromatic heterocycles. The first-order valence-corrected chi connectivity index (χ1v) is 8.67. The molecule has 0 saturated carbocycles. The maximum atomic E-state index is 3.63. The summed E-state index contributed by atoms with van der Waals surface area (Å²) in [6.07, 6.45) is 0. The third-order valence-corrected chi connectivity index (χ3v) is 4.89. The second-order valence-electron chi connectivity index (χ2n) is 5.38. The number of benzene rings is 4. The summed E-state index contributed by atoms with van der Waals surface area (Å²) in [5.41, 5.74) is 2.50. The Hall–Kier alpha value is -1.64. The van der Waals surface area contributed by atoms with Crippen LogP contribution in [0.25, 0.3) is 32.7 Å². The average molecular weight is 412 g/mol. The summed E-state index contributed by atoms with van der Waals surface area (Å²) in [4.78, 5) is 0. The van der Waals surface area contributed by atoms with E-state index in [0.29, 0.717) is 0 Å². The Bertz CT molecular complexity index is 1000. The molecule has 0 radical (unpaired) electrons. The molecule has 0 heterocycles. The third-order valence-electron chi connectivity index (χ3n) is 3.94. The largest absolute Gasteiger partial charge is 0.0616 e. The van der Waals surface area contributed by atoms with Crippen LogP contribution >= 0.6 is 31.9 Å². The predicted octanol–water partition coefficient (Wildman–Crippen LogP) is 7.19. The average Bonchev–Trinajstić information content (AvgIpc) is 2.53. The van der Waals surface area contributed by atoms with Gasteiger partial charge in [-0.15, -0.1) is 0 Å². The molecule has 0 aliphatic heterocycles. The van der Waals surface area contributed by atoms with Crippen molar-refractivity contribution in [3.8, 4) is 11.1 Å². The second-order valence-corrected chi connectivity index (χ2v) is 7.21. The molecule has 4 aromatic rings. The number of hydrogen-bond acceptors (Lipinski definition) is 0. The van der Waals surface area contributed by atoms with Crippen LogP contribution in [0.1, 0.15) is 0 Å². The van der Waals surface area contributed by atoms with Gasteiger partial charge in [-0.1, -0.05) is 74.3 Å². The van der Waals surface area contributed by atoms with Crippen LogP contribution in [0.4, 0.5) is 0 Å². The predicted molar refractivity (Wildman–Crippen MR) is 102 cm³/mol. The van der Waals surface area contributed by atoms with Crippen LogP contribution in [0.2, 0.25) is 0 Å². The molecule has 0 unspecified atom stereocenters. The monoisotopic (exact) mass is 410 g/mol. The van der Waals surface area contributed by atoms with E-state index >= 15 is 0 Å². The summed E-state index contributed by atoms with van der Waals surface area (Å²) in [5, 5.41) is 5.03. The van der Waals surface area contributed by atoms with Crippen molar-refractivity contribution in [2.24, 2.45) is 0 Å². The van der Waals surface area contributed by atoms with E-state index < -0.39 is 0 Å². The topological polar surface area (TPSA) is 0 Å². The third kappa shape index (κ3) is 2.47. The molecular weight excluding hydrogens is 400 g/mol. The van der Waals surface area contributed by atoms with Crippen LogP contribution in [-0.2, 0) is 0 Å². The second kappa shape index (κ2) is 5.53. The minimum absolute atomic E-state index is 1.11. The first-order chi connectivity index (χ1) is 10.7. The van der Waals surface area contributed by atoms with Crippen molar-refractivity contribution < 1.29 is 0 Å². The molecule has 0 nitrogen and oxygen atoms in total. The highest BCUT2D eigenvalue weighted by atomic mass is 79.9. The molecule has 0 spiro atoms. The molecule has 0 fully saturated rings. The Morgan fingerprint density at radius 1 is 0.545 bits per heavy atom. The standard InChI is InChI=1S/C20H12Br2/c21-17-8-7-13-9-16(6-5-14(13)10-17)20-12-18(22)11-15-3-1-2-4-19(15)20/h1-12H. The fourth-order valence-corrected chi connectivity index (χ4v) is 3.75. The molecule has 0 atom stereocenters. The van der Waals surface area contributed by atoms with E-state index in [4.69, 9.17) is 0 Å². The van der Waals surface area contributed by atoms with Gasteiger partial charge in [0.2, 0.25) is 0 Å². The van der Waals surface area contributed by atoms with Gasteiger partial charge in [-0.3, -0.25) is 0 Å². The molecule has 22 heavy (non-hydrogen) atoms. The highest BCUT2D eigenvalue weighted by Gasteiger charge is 2.06. The molecule has 106 valence electrons. The number of rotatable bonds is 1. The maximum absolute atomic E-state index is 3.63. The lowest BCUT2D eigenvalue weighted by molar-refractivity contribution is 1.64. The van der Waals surface area contributed by atoms with Crippen LogP contribution in [0.15, 0.2) is 81.7 Å². The summed E-state index contributed by atoms with van der Waals surface area (Å²) < 4.78 is 2.22. The van der Waals surface area contributed by atoms with Crippen LogP contribution in [-0.4, -0.2) is 0 Å². The molecule has 0 amide bonds. The summed E-state index contributed by atoms with van der Waals surface area (Å²) in [6.45, 7) is 0.